The van der Waals surface area contributed by atoms with Crippen molar-refractivity contribution in [3.8, 4) is 0 Å². The lowest BCUT2D eigenvalue weighted by Gasteiger charge is -2.33. The van der Waals surface area contributed by atoms with Gasteiger partial charge in [-0.05, 0) is 56.0 Å². The Morgan fingerprint density at radius 3 is 2.56 bits per heavy atom. The van der Waals surface area contributed by atoms with E-state index >= 15 is 0 Å². The molecule has 0 atom stereocenters. The zero-order chi connectivity index (χ0) is 24.7. The predicted octanol–water partition coefficient (Wildman–Crippen LogP) is 2.21. The van der Waals surface area contributed by atoms with E-state index in [1.165, 1.54) is 27.7 Å². The zero-order valence-electron chi connectivity index (χ0n) is 19.9. The Kier molecular flexibility index (Phi) is 8.76. The molecule has 1 aromatic heterocycles. The van der Waals surface area contributed by atoms with E-state index in [-0.39, 0.29) is 48.8 Å². The number of hydrogen-bond donors (Lipinski definition) is 1. The van der Waals surface area contributed by atoms with Gasteiger partial charge in [-0.3, -0.25) is 14.6 Å². The number of hydrogen-bond acceptors (Lipinski definition) is 6. The molecule has 0 spiro atoms. The molecule has 1 aliphatic rings. The van der Waals surface area contributed by atoms with E-state index < -0.39 is 10.0 Å². The van der Waals surface area contributed by atoms with Crippen molar-refractivity contribution in [3.63, 3.8) is 0 Å². The lowest BCUT2D eigenvalue weighted by molar-refractivity contribution is -0.140. The Morgan fingerprint density at radius 1 is 1.18 bits per heavy atom. The van der Waals surface area contributed by atoms with E-state index in [9.17, 15) is 18.0 Å². The fraction of sp³-hybridized carbons (Fsp3) is 0.458. The van der Waals surface area contributed by atoms with Gasteiger partial charge >= 0.3 is 0 Å². The first kappa shape index (κ1) is 25.8. The summed E-state index contributed by atoms with van der Waals surface area (Å²) in [6.07, 6.45) is 3.63. The molecule has 2 amide bonds. The molecule has 3 rings (SSSR count). The molecule has 2 heterocycles. The van der Waals surface area contributed by atoms with Crippen molar-refractivity contribution < 1.29 is 22.7 Å². The molecule has 1 aromatic carbocycles. The van der Waals surface area contributed by atoms with Crippen molar-refractivity contribution in [3.05, 3.63) is 53.9 Å². The molecule has 34 heavy (non-hydrogen) atoms. The van der Waals surface area contributed by atoms with Crippen LogP contribution in [0, 0.1) is 19.8 Å². The van der Waals surface area contributed by atoms with Crippen molar-refractivity contribution >= 4 is 27.5 Å². The second kappa shape index (κ2) is 11.5. The summed E-state index contributed by atoms with van der Waals surface area (Å²) in [6.45, 7) is 4.87. The average Bonchev–Trinajstić information content (AvgIpc) is 2.84. The Hall–Kier alpha value is -2.82. The van der Waals surface area contributed by atoms with E-state index in [0.717, 1.165) is 16.8 Å². The van der Waals surface area contributed by atoms with E-state index in [1.54, 1.807) is 13.2 Å². The molecular formula is C24H32N4O5S. The molecule has 0 unspecified atom stereocenters. The third-order valence-electron chi connectivity index (χ3n) is 6.17. The van der Waals surface area contributed by atoms with Crippen LogP contribution in [-0.2, 0) is 24.3 Å². The minimum atomic E-state index is -3.65. The number of nitrogens with one attached hydrogen (secondary N) is 1. The summed E-state index contributed by atoms with van der Waals surface area (Å²) < 4.78 is 32.2. The molecule has 10 heteroatoms. The number of piperidine rings is 1. The standard InChI is InChI=1S/C24H32N4O5S/c1-18-6-4-8-22(19(18)2)26-23(29)17-27(14-15-33-3)24(30)20-9-12-28(13-10-20)34(31,32)21-7-5-11-25-16-21/h4-8,11,16,20H,9-10,12-15,17H2,1-3H3,(H,26,29). The molecule has 9 nitrogen and oxygen atoms in total. The van der Waals surface area contributed by atoms with E-state index in [1.807, 2.05) is 32.0 Å². The van der Waals surface area contributed by atoms with Crippen LogP contribution in [0.5, 0.6) is 0 Å². The number of aromatic nitrogens is 1. The zero-order valence-corrected chi connectivity index (χ0v) is 20.7. The van der Waals surface area contributed by atoms with Crippen molar-refractivity contribution in [2.24, 2.45) is 5.92 Å². The maximum atomic E-state index is 13.3. The van der Waals surface area contributed by atoms with E-state index in [4.69, 9.17) is 4.74 Å². The number of ether oxygens (including phenoxy) is 1. The highest BCUT2D eigenvalue weighted by atomic mass is 32.2. The summed E-state index contributed by atoms with van der Waals surface area (Å²) in [6, 6.07) is 8.78. The van der Waals surface area contributed by atoms with Gasteiger partial charge in [0.2, 0.25) is 21.8 Å². The van der Waals surface area contributed by atoms with Gasteiger partial charge in [0.15, 0.2) is 0 Å². The number of pyridine rings is 1. The van der Waals surface area contributed by atoms with Crippen LogP contribution in [-0.4, -0.2) is 74.3 Å². The lowest BCUT2D eigenvalue weighted by Crippen LogP contribution is -2.47. The Bertz CT molecular complexity index is 1100. The van der Waals surface area contributed by atoms with Gasteiger partial charge in [-0.15, -0.1) is 0 Å². The summed E-state index contributed by atoms with van der Waals surface area (Å²) in [5.74, 6) is -0.799. The first-order chi connectivity index (χ1) is 16.2. The lowest BCUT2D eigenvalue weighted by atomic mass is 9.96. The number of amides is 2. The van der Waals surface area contributed by atoms with Crippen LogP contribution in [0.4, 0.5) is 5.69 Å². The molecule has 184 valence electrons. The van der Waals surface area contributed by atoms with Gasteiger partial charge in [-0.25, -0.2) is 8.42 Å². The highest BCUT2D eigenvalue weighted by Crippen LogP contribution is 2.25. The first-order valence-electron chi connectivity index (χ1n) is 11.3. The molecule has 1 fully saturated rings. The van der Waals surface area contributed by atoms with Crippen LogP contribution < -0.4 is 5.32 Å². The number of methoxy groups -OCH3 is 1. The maximum absolute atomic E-state index is 13.3. The summed E-state index contributed by atoms with van der Waals surface area (Å²) in [7, 11) is -2.10. The summed E-state index contributed by atoms with van der Waals surface area (Å²) in [5.41, 5.74) is 2.77. The smallest absolute Gasteiger partial charge is 0.244 e. The highest BCUT2D eigenvalue weighted by molar-refractivity contribution is 7.89. The van der Waals surface area contributed by atoms with Crippen molar-refractivity contribution in [1.29, 1.82) is 0 Å². The van der Waals surface area contributed by atoms with E-state index in [2.05, 4.69) is 10.3 Å². The minimum absolute atomic E-state index is 0.0935. The molecular weight excluding hydrogens is 456 g/mol. The Balaban J connectivity index is 1.63. The number of carbonyl (C=O) groups is 2. The Labute approximate surface area is 201 Å². The van der Waals surface area contributed by atoms with Gasteiger partial charge in [0.25, 0.3) is 0 Å². The molecule has 0 bridgehead atoms. The maximum Gasteiger partial charge on any atom is 0.244 e. The third kappa shape index (κ3) is 6.19. The summed E-state index contributed by atoms with van der Waals surface area (Å²) >= 11 is 0. The van der Waals surface area contributed by atoms with Crippen molar-refractivity contribution in [2.75, 3.05) is 45.2 Å². The van der Waals surface area contributed by atoms with Gasteiger partial charge in [-0.1, -0.05) is 12.1 Å². The van der Waals surface area contributed by atoms with Crippen LogP contribution in [0.2, 0.25) is 0 Å². The molecule has 1 saturated heterocycles. The van der Waals surface area contributed by atoms with Gasteiger partial charge < -0.3 is 15.0 Å². The van der Waals surface area contributed by atoms with Gasteiger partial charge in [-0.2, -0.15) is 4.31 Å². The number of nitrogens with zero attached hydrogens (tertiary/aromatic N) is 3. The second-order valence-corrected chi connectivity index (χ2v) is 10.4. The highest BCUT2D eigenvalue weighted by Gasteiger charge is 2.34. The number of carbonyl (C=O) groups excluding carboxylic acids is 2. The topological polar surface area (TPSA) is 109 Å². The van der Waals surface area contributed by atoms with Crippen LogP contribution in [0.15, 0.2) is 47.6 Å². The predicted molar refractivity (Wildman–Crippen MR) is 129 cm³/mol. The summed E-state index contributed by atoms with van der Waals surface area (Å²) in [4.78, 5) is 31.5. The van der Waals surface area contributed by atoms with E-state index in [0.29, 0.717) is 19.4 Å². The fourth-order valence-corrected chi connectivity index (χ4v) is 5.40. The monoisotopic (exact) mass is 488 g/mol. The van der Waals surface area contributed by atoms with Crippen LogP contribution in [0.3, 0.4) is 0 Å². The minimum Gasteiger partial charge on any atom is -0.383 e. The number of benzene rings is 1. The third-order valence-corrected chi connectivity index (χ3v) is 8.05. The molecule has 0 radical (unpaired) electrons. The second-order valence-electron chi connectivity index (χ2n) is 8.42. The fourth-order valence-electron chi connectivity index (χ4n) is 3.97. The molecule has 0 aliphatic carbocycles. The molecule has 2 aromatic rings. The van der Waals surface area contributed by atoms with Gasteiger partial charge in [0.05, 0.1) is 13.2 Å². The number of aryl methyl sites for hydroxylation is 1. The number of rotatable bonds is 9. The first-order valence-corrected chi connectivity index (χ1v) is 12.7. The summed E-state index contributed by atoms with van der Waals surface area (Å²) in [5, 5.41) is 2.89. The van der Waals surface area contributed by atoms with Crippen LogP contribution in [0.25, 0.3) is 0 Å². The number of sulfonamides is 1. The van der Waals surface area contributed by atoms with Crippen LogP contribution >= 0.6 is 0 Å². The van der Waals surface area contributed by atoms with Crippen molar-refractivity contribution in [1.82, 2.24) is 14.2 Å². The van der Waals surface area contributed by atoms with Gasteiger partial charge in [0.1, 0.15) is 4.90 Å². The molecule has 0 saturated carbocycles. The SMILES string of the molecule is COCCN(CC(=O)Nc1cccc(C)c1C)C(=O)C1CCN(S(=O)(=O)c2cccnc2)CC1. The normalized spacial score (nSPS) is 15.1. The molecule has 1 N–H and O–H groups in total. The largest absolute Gasteiger partial charge is 0.383 e. The Morgan fingerprint density at radius 2 is 1.91 bits per heavy atom. The quantitative estimate of drug-likeness (QED) is 0.580. The van der Waals surface area contributed by atoms with Crippen molar-refractivity contribution in [2.45, 2.75) is 31.6 Å². The average molecular weight is 489 g/mol. The van der Waals surface area contributed by atoms with Crippen LogP contribution in [0.1, 0.15) is 24.0 Å². The molecule has 1 aliphatic heterocycles. The van der Waals surface area contributed by atoms with Gasteiger partial charge in [0, 0.05) is 50.7 Å². The number of anilines is 1.